The molecule has 0 fully saturated rings. The fraction of sp³-hybridized carbons (Fsp3) is 0.211. The number of nitrogens with two attached hydrogens (primary N) is 1. The number of esters is 1. The fourth-order valence-electron chi connectivity index (χ4n) is 2.88. The molecule has 7 nitrogen and oxygen atoms in total. The van der Waals surface area contributed by atoms with Gasteiger partial charge in [0.25, 0.3) is 5.82 Å². The van der Waals surface area contributed by atoms with Gasteiger partial charge in [-0.05, 0) is 24.6 Å². The first kappa shape index (κ1) is 17.5. The molecule has 1 aromatic heterocycles. The summed E-state index contributed by atoms with van der Waals surface area (Å²) in [5, 5.41) is 12.8. The molecule has 1 amide bonds. The molecular formula is C19H19N3O4. The monoisotopic (exact) mass is 353 g/mol. The highest BCUT2D eigenvalue weighted by Gasteiger charge is 2.25. The van der Waals surface area contributed by atoms with Gasteiger partial charge >= 0.3 is 5.97 Å². The van der Waals surface area contributed by atoms with E-state index in [0.717, 1.165) is 11.1 Å². The van der Waals surface area contributed by atoms with Gasteiger partial charge in [-0.25, -0.2) is 9.30 Å². The van der Waals surface area contributed by atoms with Crippen LogP contribution in [0.15, 0.2) is 42.5 Å². The summed E-state index contributed by atoms with van der Waals surface area (Å²) in [4.78, 5) is 23.2. The van der Waals surface area contributed by atoms with E-state index in [1.54, 1.807) is 16.7 Å². The van der Waals surface area contributed by atoms with Crippen molar-refractivity contribution in [3.05, 3.63) is 70.2 Å². The number of hydrogen-bond acceptors (Lipinski definition) is 4. The first-order valence-electron chi connectivity index (χ1n) is 8.07. The van der Waals surface area contributed by atoms with Crippen LogP contribution >= 0.6 is 0 Å². The lowest BCUT2D eigenvalue weighted by Crippen LogP contribution is -2.33. The van der Waals surface area contributed by atoms with Gasteiger partial charge in [0.1, 0.15) is 13.0 Å². The second-order valence-corrected chi connectivity index (χ2v) is 6.10. The number of aromatic nitrogens is 2. The van der Waals surface area contributed by atoms with Crippen molar-refractivity contribution in [1.29, 1.82) is 0 Å². The molecule has 0 unspecified atom stereocenters. The minimum absolute atomic E-state index is 0.174. The Morgan fingerprint density at radius 3 is 2.50 bits per heavy atom. The molecule has 0 atom stereocenters. The van der Waals surface area contributed by atoms with E-state index in [9.17, 15) is 14.8 Å². The molecule has 134 valence electrons. The van der Waals surface area contributed by atoms with E-state index in [-0.39, 0.29) is 23.3 Å². The third-order valence-corrected chi connectivity index (χ3v) is 4.31. The van der Waals surface area contributed by atoms with Crippen molar-refractivity contribution >= 4 is 22.9 Å². The highest BCUT2D eigenvalue weighted by molar-refractivity contribution is 5.95. The van der Waals surface area contributed by atoms with Crippen LogP contribution in [0.25, 0.3) is 11.0 Å². The third-order valence-electron chi connectivity index (χ3n) is 4.31. The van der Waals surface area contributed by atoms with Crippen molar-refractivity contribution in [2.24, 2.45) is 5.73 Å². The summed E-state index contributed by atoms with van der Waals surface area (Å²) in [5.74, 6) is -0.889. The molecule has 0 spiro atoms. The van der Waals surface area contributed by atoms with Gasteiger partial charge in [0.05, 0.1) is 7.11 Å². The van der Waals surface area contributed by atoms with Crippen molar-refractivity contribution in [3.63, 3.8) is 0 Å². The van der Waals surface area contributed by atoms with Crippen LogP contribution in [0.5, 0.6) is 0 Å². The van der Waals surface area contributed by atoms with Crippen LogP contribution in [0.1, 0.15) is 27.3 Å². The van der Waals surface area contributed by atoms with Crippen molar-refractivity contribution in [1.82, 2.24) is 4.57 Å². The van der Waals surface area contributed by atoms with Crippen molar-refractivity contribution in [3.8, 4) is 0 Å². The van der Waals surface area contributed by atoms with E-state index in [2.05, 4.69) is 0 Å². The Kier molecular flexibility index (Phi) is 4.62. The Balaban J connectivity index is 2.16. The van der Waals surface area contributed by atoms with Crippen LogP contribution in [0.2, 0.25) is 0 Å². The van der Waals surface area contributed by atoms with Crippen molar-refractivity contribution in [2.75, 3.05) is 7.11 Å². The fourth-order valence-corrected chi connectivity index (χ4v) is 2.88. The molecule has 2 aromatic carbocycles. The molecule has 0 saturated carbocycles. The van der Waals surface area contributed by atoms with Crippen LogP contribution in [0.4, 0.5) is 0 Å². The average Bonchev–Trinajstić information content (AvgIpc) is 2.88. The molecule has 0 radical (unpaired) electrons. The van der Waals surface area contributed by atoms with Gasteiger partial charge in [-0.2, -0.15) is 0 Å². The third kappa shape index (κ3) is 3.23. The first-order valence-corrected chi connectivity index (χ1v) is 8.07. The molecule has 3 rings (SSSR count). The number of hydrogen-bond donors (Lipinski definition) is 1. The van der Waals surface area contributed by atoms with Gasteiger partial charge < -0.3 is 15.7 Å². The van der Waals surface area contributed by atoms with Gasteiger partial charge in [-0.3, -0.25) is 9.59 Å². The zero-order valence-electron chi connectivity index (χ0n) is 14.6. The van der Waals surface area contributed by atoms with Gasteiger partial charge in [0.15, 0.2) is 11.0 Å². The zero-order chi connectivity index (χ0) is 18.8. The molecule has 7 heteroatoms. The van der Waals surface area contributed by atoms with Gasteiger partial charge in [0, 0.05) is 11.6 Å². The predicted octanol–water partition coefficient (Wildman–Crippen LogP) is 1.45. The topological polar surface area (TPSA) is 101 Å². The quantitative estimate of drug-likeness (QED) is 0.426. The Bertz CT molecular complexity index is 990. The van der Waals surface area contributed by atoms with E-state index in [1.807, 2.05) is 31.2 Å². The Hall–Kier alpha value is -3.35. The molecule has 0 aliphatic carbocycles. The summed E-state index contributed by atoms with van der Waals surface area (Å²) < 4.78 is 7.13. The maximum atomic E-state index is 12.8. The predicted molar refractivity (Wildman–Crippen MR) is 95.4 cm³/mol. The van der Waals surface area contributed by atoms with E-state index in [1.165, 1.54) is 13.2 Å². The number of ether oxygens (including phenoxy) is 1. The number of fused-ring (bicyclic) bond motifs is 1. The number of primary amides is 1. The number of rotatable bonds is 5. The van der Waals surface area contributed by atoms with Gasteiger partial charge in [-0.15, -0.1) is 0 Å². The number of benzene rings is 2. The number of carbonyl (C=O) groups is 2. The lowest BCUT2D eigenvalue weighted by atomic mass is 10.1. The molecule has 3 aromatic rings. The lowest BCUT2D eigenvalue weighted by Gasteiger charge is -2.06. The van der Waals surface area contributed by atoms with Crippen LogP contribution in [0, 0.1) is 12.1 Å². The minimum atomic E-state index is -0.618. The SMILES string of the molecule is COC(=O)Cc1n(Cc2ccc(C)cc2)c2ccc(C(N)=O)cc2[n+]1[O-]. The second kappa shape index (κ2) is 6.87. The Morgan fingerprint density at radius 2 is 1.88 bits per heavy atom. The highest BCUT2D eigenvalue weighted by Crippen LogP contribution is 2.19. The number of imidazole rings is 1. The molecule has 2 N–H and O–H groups in total. The van der Waals surface area contributed by atoms with E-state index >= 15 is 0 Å². The van der Waals surface area contributed by atoms with Crippen LogP contribution < -0.4 is 10.5 Å². The normalized spacial score (nSPS) is 10.8. The van der Waals surface area contributed by atoms with Crippen LogP contribution in [-0.4, -0.2) is 23.6 Å². The number of amides is 1. The summed E-state index contributed by atoms with van der Waals surface area (Å²) in [6.45, 7) is 2.41. The Morgan fingerprint density at radius 1 is 1.19 bits per heavy atom. The molecule has 1 heterocycles. The summed E-state index contributed by atoms with van der Waals surface area (Å²) in [5.41, 5.74) is 8.56. The zero-order valence-corrected chi connectivity index (χ0v) is 14.6. The molecule has 0 aliphatic heterocycles. The van der Waals surface area contributed by atoms with Gasteiger partial charge in [0.2, 0.25) is 5.91 Å². The average molecular weight is 353 g/mol. The van der Waals surface area contributed by atoms with Crippen LogP contribution in [-0.2, 0) is 22.5 Å². The van der Waals surface area contributed by atoms with E-state index < -0.39 is 11.9 Å². The number of nitrogens with zero attached hydrogens (tertiary/aromatic N) is 2. The first-order chi connectivity index (χ1) is 12.4. The second-order valence-electron chi connectivity index (χ2n) is 6.10. The maximum absolute atomic E-state index is 12.8. The molecule has 0 saturated heterocycles. The summed E-state index contributed by atoms with van der Waals surface area (Å²) >= 11 is 0. The summed E-state index contributed by atoms with van der Waals surface area (Å²) in [7, 11) is 1.27. The van der Waals surface area contributed by atoms with Crippen LogP contribution in [0.3, 0.4) is 0 Å². The number of aryl methyl sites for hydroxylation is 1. The molecule has 0 aliphatic rings. The van der Waals surface area contributed by atoms with E-state index in [0.29, 0.717) is 16.8 Å². The molecule has 26 heavy (non-hydrogen) atoms. The standard InChI is InChI=1S/C19H19N3O4/c1-12-3-5-13(6-4-12)11-21-15-8-7-14(19(20)24)9-16(15)22(25)17(21)10-18(23)26-2/h3-9H,10-11H2,1-2H3,(H2,20,24). The minimum Gasteiger partial charge on any atom is -0.710 e. The maximum Gasteiger partial charge on any atom is 0.317 e. The smallest absolute Gasteiger partial charge is 0.317 e. The van der Waals surface area contributed by atoms with Gasteiger partial charge in [-0.1, -0.05) is 29.8 Å². The lowest BCUT2D eigenvalue weighted by molar-refractivity contribution is -0.586. The summed E-state index contributed by atoms with van der Waals surface area (Å²) in [6.07, 6.45) is -0.174. The largest absolute Gasteiger partial charge is 0.710 e. The molecule has 0 bridgehead atoms. The molecular weight excluding hydrogens is 334 g/mol. The van der Waals surface area contributed by atoms with Crippen molar-refractivity contribution < 1.29 is 19.1 Å². The number of carbonyl (C=O) groups excluding carboxylic acids is 2. The summed E-state index contributed by atoms with van der Waals surface area (Å²) in [6, 6.07) is 12.6. The highest BCUT2D eigenvalue weighted by atomic mass is 16.5. The number of methoxy groups -OCH3 is 1. The van der Waals surface area contributed by atoms with Crippen molar-refractivity contribution in [2.45, 2.75) is 19.9 Å². The Labute approximate surface area is 150 Å². The van der Waals surface area contributed by atoms with E-state index in [4.69, 9.17) is 10.5 Å².